The summed E-state index contributed by atoms with van der Waals surface area (Å²) in [5.41, 5.74) is 0.457. The summed E-state index contributed by atoms with van der Waals surface area (Å²) in [6.45, 7) is 4.48. The van der Waals surface area contributed by atoms with Gasteiger partial charge in [-0.1, -0.05) is 45.2 Å². The van der Waals surface area contributed by atoms with Crippen LogP contribution in [-0.2, 0) is 14.3 Å². The lowest BCUT2D eigenvalue weighted by atomic mass is 9.69. The number of para-hydroxylation sites is 1. The molecule has 5 heteroatoms. The van der Waals surface area contributed by atoms with Gasteiger partial charge in [-0.2, -0.15) is 0 Å². The third kappa shape index (κ3) is 5.85. The van der Waals surface area contributed by atoms with Gasteiger partial charge in [0.2, 0.25) is 11.0 Å². The van der Waals surface area contributed by atoms with Gasteiger partial charge < -0.3 is 10.1 Å². The molecule has 1 N–H and O–H groups in total. The molecule has 0 saturated heterocycles. The van der Waals surface area contributed by atoms with Crippen LogP contribution in [0.4, 0.5) is 5.69 Å². The minimum Gasteiger partial charge on any atom is -0.376 e. The molecule has 0 spiro atoms. The second-order valence-corrected chi connectivity index (χ2v) is 8.73. The smallest absolute Gasteiger partial charge is 0.230 e. The highest BCUT2D eigenvalue weighted by atomic mass is 32.2. The van der Waals surface area contributed by atoms with E-state index in [1.165, 1.54) is 13.5 Å². The normalized spacial score (nSPS) is 16.5. The summed E-state index contributed by atoms with van der Waals surface area (Å²) >= 11 is 1.12. The van der Waals surface area contributed by atoms with E-state index in [1.807, 2.05) is 24.3 Å². The van der Waals surface area contributed by atoms with Crippen LogP contribution >= 0.6 is 11.8 Å². The molecule has 1 aromatic rings. The molecule has 1 amide bonds. The number of hydrogen-bond donors (Lipinski definition) is 1. The first-order chi connectivity index (χ1) is 12.5. The predicted octanol–water partition coefficient (Wildman–Crippen LogP) is 5.28. The Morgan fingerprint density at radius 1 is 1.19 bits per heavy atom. The fraction of sp³-hybridized carbons (Fsp3) is 0.619. The van der Waals surface area contributed by atoms with Crippen molar-refractivity contribution in [1.82, 2.24) is 0 Å². The maximum atomic E-state index is 13.2. The molecule has 1 aliphatic carbocycles. The van der Waals surface area contributed by atoms with Crippen LogP contribution in [-0.4, -0.2) is 24.7 Å². The lowest BCUT2D eigenvalue weighted by Gasteiger charge is -2.36. The third-order valence-electron chi connectivity index (χ3n) is 5.11. The Balaban J connectivity index is 2.14. The van der Waals surface area contributed by atoms with Gasteiger partial charge in [-0.25, -0.2) is 0 Å². The van der Waals surface area contributed by atoms with Crippen LogP contribution in [0.2, 0.25) is 0 Å². The van der Waals surface area contributed by atoms with Gasteiger partial charge in [0, 0.05) is 17.4 Å². The Morgan fingerprint density at radius 3 is 2.54 bits per heavy atom. The molecule has 0 radical (unpaired) electrons. The number of amides is 1. The maximum Gasteiger partial charge on any atom is 0.230 e. The van der Waals surface area contributed by atoms with Crippen LogP contribution in [0.3, 0.4) is 0 Å². The van der Waals surface area contributed by atoms with E-state index >= 15 is 0 Å². The summed E-state index contributed by atoms with van der Waals surface area (Å²) in [4.78, 5) is 25.9. The molecule has 0 atom stereocenters. The van der Waals surface area contributed by atoms with Crippen LogP contribution in [0.25, 0.3) is 0 Å². The molecule has 0 heterocycles. The average Bonchev–Trinajstić information content (AvgIpc) is 2.62. The second kappa shape index (κ2) is 10.1. The Kier molecular flexibility index (Phi) is 8.16. The Hall–Kier alpha value is -1.33. The first-order valence-electron chi connectivity index (χ1n) is 9.57. The fourth-order valence-electron chi connectivity index (χ4n) is 3.57. The molecule has 1 fully saturated rings. The number of ether oxygens (including phenoxy) is 1. The number of methoxy groups -OCH3 is 1. The number of nitrogens with one attached hydrogen (secondary N) is 1. The minimum absolute atomic E-state index is 0.0608. The van der Waals surface area contributed by atoms with Crippen molar-refractivity contribution in [2.45, 2.75) is 63.7 Å². The zero-order valence-electron chi connectivity index (χ0n) is 16.2. The van der Waals surface area contributed by atoms with Crippen molar-refractivity contribution in [3.8, 4) is 0 Å². The lowest BCUT2D eigenvalue weighted by Crippen LogP contribution is -2.38. The number of rotatable bonds is 8. The molecule has 0 bridgehead atoms. The Bertz CT molecular complexity index is 609. The van der Waals surface area contributed by atoms with Gasteiger partial charge in [0.05, 0.1) is 5.69 Å². The van der Waals surface area contributed by atoms with Gasteiger partial charge >= 0.3 is 0 Å². The van der Waals surface area contributed by atoms with Crippen LogP contribution in [0.15, 0.2) is 29.2 Å². The van der Waals surface area contributed by atoms with E-state index in [4.69, 9.17) is 4.74 Å². The van der Waals surface area contributed by atoms with Crippen LogP contribution in [0.5, 0.6) is 0 Å². The summed E-state index contributed by atoms with van der Waals surface area (Å²) in [7, 11) is 1.51. The number of hydrogen-bond acceptors (Lipinski definition) is 4. The number of anilines is 1. The monoisotopic (exact) mass is 377 g/mol. The van der Waals surface area contributed by atoms with E-state index in [2.05, 4.69) is 19.2 Å². The van der Waals surface area contributed by atoms with Gasteiger partial charge in [-0.3, -0.25) is 9.59 Å². The molecule has 1 aromatic carbocycles. The summed E-state index contributed by atoms with van der Waals surface area (Å²) in [6, 6.07) is 7.52. The van der Waals surface area contributed by atoms with Crippen molar-refractivity contribution in [1.29, 1.82) is 0 Å². The predicted molar refractivity (Wildman–Crippen MR) is 107 cm³/mol. The van der Waals surface area contributed by atoms with Crippen molar-refractivity contribution in [3.05, 3.63) is 24.3 Å². The first-order valence-corrected chi connectivity index (χ1v) is 10.4. The van der Waals surface area contributed by atoms with E-state index in [-0.39, 0.29) is 23.0 Å². The number of carbonyl (C=O) groups excluding carboxylic acids is 2. The SMILES string of the molecule is COCC(=O)Sc1ccccc1NC(=O)C1(CCC(C)C)CCCCC1. The summed E-state index contributed by atoms with van der Waals surface area (Å²) in [6.07, 6.45) is 7.38. The van der Waals surface area contributed by atoms with E-state index in [0.717, 1.165) is 60.9 Å². The highest BCUT2D eigenvalue weighted by Gasteiger charge is 2.39. The fourth-order valence-corrected chi connectivity index (χ4v) is 4.37. The van der Waals surface area contributed by atoms with E-state index in [0.29, 0.717) is 5.92 Å². The van der Waals surface area contributed by atoms with Crippen molar-refractivity contribution in [2.24, 2.45) is 11.3 Å². The van der Waals surface area contributed by atoms with Gasteiger partial charge in [-0.15, -0.1) is 0 Å². The lowest BCUT2D eigenvalue weighted by molar-refractivity contribution is -0.128. The zero-order valence-corrected chi connectivity index (χ0v) is 17.0. The Labute approximate surface area is 161 Å². The van der Waals surface area contributed by atoms with Gasteiger partial charge in [0.15, 0.2) is 0 Å². The number of carbonyl (C=O) groups is 2. The van der Waals surface area contributed by atoms with Crippen LogP contribution in [0, 0.1) is 11.3 Å². The van der Waals surface area contributed by atoms with E-state index < -0.39 is 0 Å². The van der Waals surface area contributed by atoms with Gasteiger partial charge in [0.1, 0.15) is 6.61 Å². The largest absolute Gasteiger partial charge is 0.376 e. The molecule has 1 saturated carbocycles. The number of thioether (sulfide) groups is 1. The van der Waals surface area contributed by atoms with Crippen LogP contribution < -0.4 is 5.32 Å². The molecule has 1 aliphatic rings. The molecule has 0 aliphatic heterocycles. The summed E-state index contributed by atoms with van der Waals surface area (Å²) in [5.74, 6) is 0.709. The van der Waals surface area contributed by atoms with Crippen molar-refractivity contribution in [3.63, 3.8) is 0 Å². The quantitative estimate of drug-likeness (QED) is 0.627. The van der Waals surface area contributed by atoms with E-state index in [9.17, 15) is 9.59 Å². The molecule has 144 valence electrons. The minimum atomic E-state index is -0.267. The molecular formula is C21H31NO3S. The third-order valence-corrected chi connectivity index (χ3v) is 6.04. The van der Waals surface area contributed by atoms with E-state index in [1.54, 1.807) is 0 Å². The summed E-state index contributed by atoms with van der Waals surface area (Å²) in [5, 5.41) is 3.07. The number of benzene rings is 1. The van der Waals surface area contributed by atoms with Gasteiger partial charge in [0.25, 0.3) is 0 Å². The summed E-state index contributed by atoms with van der Waals surface area (Å²) < 4.78 is 4.90. The molecule has 0 unspecified atom stereocenters. The molecule has 26 heavy (non-hydrogen) atoms. The average molecular weight is 378 g/mol. The highest BCUT2D eigenvalue weighted by Crippen LogP contribution is 2.42. The molecule has 0 aromatic heterocycles. The highest BCUT2D eigenvalue weighted by molar-refractivity contribution is 8.13. The maximum absolute atomic E-state index is 13.2. The van der Waals surface area contributed by atoms with Crippen molar-refractivity contribution >= 4 is 28.5 Å². The van der Waals surface area contributed by atoms with Crippen molar-refractivity contribution < 1.29 is 14.3 Å². The topological polar surface area (TPSA) is 55.4 Å². The Morgan fingerprint density at radius 2 is 1.88 bits per heavy atom. The first kappa shape index (κ1) is 21.0. The van der Waals surface area contributed by atoms with Crippen LogP contribution in [0.1, 0.15) is 58.8 Å². The van der Waals surface area contributed by atoms with Crippen molar-refractivity contribution in [2.75, 3.05) is 19.0 Å². The standard InChI is InChI=1S/C21H31NO3S/c1-16(2)11-14-21(12-7-4-8-13-21)20(24)22-17-9-5-6-10-18(17)26-19(23)15-25-3/h5-6,9-10,16H,4,7-8,11-15H2,1-3H3,(H,22,24). The zero-order chi connectivity index (χ0) is 19.0. The molecule has 2 rings (SSSR count). The second-order valence-electron chi connectivity index (χ2n) is 7.63. The molecular weight excluding hydrogens is 346 g/mol. The van der Waals surface area contributed by atoms with Gasteiger partial charge in [-0.05, 0) is 55.5 Å². The molecule has 4 nitrogen and oxygen atoms in total.